The lowest BCUT2D eigenvalue weighted by atomic mass is 9.82. The summed E-state index contributed by atoms with van der Waals surface area (Å²) < 4.78 is 17.5. The highest BCUT2D eigenvalue weighted by molar-refractivity contribution is 5.22. The molecule has 1 rings (SSSR count). The second-order valence-corrected chi connectivity index (χ2v) is 7.64. The van der Waals surface area contributed by atoms with E-state index in [1.807, 2.05) is 6.08 Å². The van der Waals surface area contributed by atoms with Gasteiger partial charge in [-0.3, -0.25) is 0 Å². The van der Waals surface area contributed by atoms with Crippen LogP contribution in [-0.2, 0) is 4.74 Å². The quantitative estimate of drug-likeness (QED) is 0.353. The average Bonchev–Trinajstić information content (AvgIpc) is 2.62. The van der Waals surface area contributed by atoms with E-state index in [2.05, 4.69) is 46.4 Å². The summed E-state index contributed by atoms with van der Waals surface area (Å²) in [6.07, 6.45) is 13.4. The Morgan fingerprint density at radius 2 is 1.71 bits per heavy atom. The fraction of sp³-hybridized carbons (Fsp3) is 0.727. The second kappa shape index (κ2) is 11.5. The molecule has 2 heteroatoms. The Labute approximate surface area is 149 Å². The van der Waals surface area contributed by atoms with E-state index in [-0.39, 0.29) is 6.61 Å². The van der Waals surface area contributed by atoms with E-state index in [0.717, 1.165) is 30.4 Å². The first-order valence-electron chi connectivity index (χ1n) is 9.68. The molecule has 0 aromatic rings. The van der Waals surface area contributed by atoms with Gasteiger partial charge in [0.1, 0.15) is 13.3 Å². The van der Waals surface area contributed by atoms with E-state index >= 15 is 0 Å². The third-order valence-electron chi connectivity index (χ3n) is 5.65. The lowest BCUT2D eigenvalue weighted by Crippen LogP contribution is -2.12. The molecule has 0 fully saturated rings. The van der Waals surface area contributed by atoms with Crippen molar-refractivity contribution in [2.75, 3.05) is 13.3 Å². The zero-order chi connectivity index (χ0) is 17.9. The topological polar surface area (TPSA) is 9.23 Å². The van der Waals surface area contributed by atoms with Crippen molar-refractivity contribution in [1.82, 2.24) is 0 Å². The third-order valence-corrected chi connectivity index (χ3v) is 5.65. The molecule has 0 aromatic heterocycles. The summed E-state index contributed by atoms with van der Waals surface area (Å²) in [7, 11) is 0. The molecule has 0 bridgehead atoms. The van der Waals surface area contributed by atoms with Crippen LogP contribution in [0.25, 0.3) is 0 Å². The van der Waals surface area contributed by atoms with E-state index < -0.39 is 6.67 Å². The van der Waals surface area contributed by atoms with Gasteiger partial charge >= 0.3 is 0 Å². The van der Waals surface area contributed by atoms with Gasteiger partial charge in [-0.15, -0.1) is 6.58 Å². The van der Waals surface area contributed by atoms with Crippen LogP contribution >= 0.6 is 0 Å². The summed E-state index contributed by atoms with van der Waals surface area (Å²) in [6, 6.07) is 0. The Morgan fingerprint density at radius 3 is 2.25 bits per heavy atom. The van der Waals surface area contributed by atoms with Gasteiger partial charge in [0.15, 0.2) is 0 Å². The summed E-state index contributed by atoms with van der Waals surface area (Å²) in [5, 5.41) is 0. The SMILES string of the molecule is C=CC(C)CCC(C)C(C)CCC(C)C1=CC=C(OCCF)CC1. The molecule has 0 N–H and O–H groups in total. The summed E-state index contributed by atoms with van der Waals surface area (Å²) in [5.74, 6) is 3.74. The van der Waals surface area contributed by atoms with Crippen molar-refractivity contribution in [2.45, 2.75) is 66.2 Å². The standard InChI is InChI=1S/C22H37FO/c1-6-17(2)7-8-18(3)19(4)9-10-20(5)21-11-13-22(14-12-21)24-16-15-23/h6,11,13,17-20H,1,7-10,12,14-16H2,2-5H3. The molecule has 0 heterocycles. The Hall–Kier alpha value is -1.05. The minimum atomic E-state index is -0.411. The Balaban J connectivity index is 2.34. The molecular formula is C22H37FO. The van der Waals surface area contributed by atoms with Gasteiger partial charge in [0.25, 0.3) is 0 Å². The van der Waals surface area contributed by atoms with E-state index in [0.29, 0.717) is 11.8 Å². The third kappa shape index (κ3) is 7.68. The van der Waals surface area contributed by atoms with E-state index in [4.69, 9.17) is 4.74 Å². The lowest BCUT2D eigenvalue weighted by molar-refractivity contribution is 0.178. The molecule has 4 unspecified atom stereocenters. The number of rotatable bonds is 12. The minimum absolute atomic E-state index is 0.185. The Kier molecular flexibility index (Phi) is 10.1. The van der Waals surface area contributed by atoms with Gasteiger partial charge in [-0.2, -0.15) is 0 Å². The highest BCUT2D eigenvalue weighted by Crippen LogP contribution is 2.31. The van der Waals surface area contributed by atoms with Crippen LogP contribution in [0.4, 0.5) is 4.39 Å². The molecule has 1 nitrogen and oxygen atoms in total. The van der Waals surface area contributed by atoms with Crippen molar-refractivity contribution in [2.24, 2.45) is 23.7 Å². The van der Waals surface area contributed by atoms with Gasteiger partial charge in [-0.1, -0.05) is 45.4 Å². The zero-order valence-electron chi connectivity index (χ0n) is 16.2. The normalized spacial score (nSPS) is 19.7. The monoisotopic (exact) mass is 336 g/mol. The van der Waals surface area contributed by atoms with Gasteiger partial charge in [-0.25, -0.2) is 4.39 Å². The Bertz CT molecular complexity index is 424. The molecule has 4 atom stereocenters. The molecule has 0 aromatic carbocycles. The maximum absolute atomic E-state index is 12.1. The van der Waals surface area contributed by atoms with Crippen molar-refractivity contribution in [3.8, 4) is 0 Å². The highest BCUT2D eigenvalue weighted by Gasteiger charge is 2.17. The number of alkyl halides is 1. The molecule has 0 saturated heterocycles. The highest BCUT2D eigenvalue weighted by atomic mass is 19.1. The van der Waals surface area contributed by atoms with Crippen LogP contribution in [0, 0.1) is 23.7 Å². The first-order chi connectivity index (χ1) is 11.5. The predicted molar refractivity (Wildman–Crippen MR) is 103 cm³/mol. The van der Waals surface area contributed by atoms with E-state index in [1.54, 1.807) is 0 Å². The number of halogens is 1. The average molecular weight is 337 g/mol. The summed E-state index contributed by atoms with van der Waals surface area (Å²) in [6.45, 7) is 13.0. The van der Waals surface area contributed by atoms with Crippen LogP contribution < -0.4 is 0 Å². The zero-order valence-corrected chi connectivity index (χ0v) is 16.2. The van der Waals surface area contributed by atoms with Crippen molar-refractivity contribution >= 4 is 0 Å². The van der Waals surface area contributed by atoms with Crippen molar-refractivity contribution in [3.63, 3.8) is 0 Å². The fourth-order valence-corrected chi connectivity index (χ4v) is 3.25. The van der Waals surface area contributed by atoms with Gasteiger partial charge in [-0.05, 0) is 61.9 Å². The van der Waals surface area contributed by atoms with Crippen LogP contribution in [0.2, 0.25) is 0 Å². The molecule has 1 aliphatic carbocycles. The van der Waals surface area contributed by atoms with Crippen LogP contribution in [-0.4, -0.2) is 13.3 Å². The Morgan fingerprint density at radius 1 is 1.04 bits per heavy atom. The van der Waals surface area contributed by atoms with Crippen LogP contribution in [0.15, 0.2) is 36.1 Å². The molecule has 138 valence electrons. The van der Waals surface area contributed by atoms with Crippen molar-refractivity contribution in [3.05, 3.63) is 36.1 Å². The van der Waals surface area contributed by atoms with E-state index in [1.165, 1.54) is 31.3 Å². The van der Waals surface area contributed by atoms with Gasteiger partial charge in [0, 0.05) is 6.42 Å². The van der Waals surface area contributed by atoms with Gasteiger partial charge in [0.2, 0.25) is 0 Å². The molecule has 24 heavy (non-hydrogen) atoms. The maximum Gasteiger partial charge on any atom is 0.123 e. The molecule has 0 aliphatic heterocycles. The van der Waals surface area contributed by atoms with Crippen molar-refractivity contribution < 1.29 is 9.13 Å². The molecule has 0 spiro atoms. The molecular weight excluding hydrogens is 299 g/mol. The number of allylic oxidation sites excluding steroid dienone is 5. The molecule has 0 radical (unpaired) electrons. The minimum Gasteiger partial charge on any atom is -0.495 e. The molecule has 1 aliphatic rings. The predicted octanol–water partition coefficient (Wildman–Crippen LogP) is 6.87. The van der Waals surface area contributed by atoms with Crippen LogP contribution in [0.1, 0.15) is 66.2 Å². The van der Waals surface area contributed by atoms with Crippen LogP contribution in [0.5, 0.6) is 0 Å². The van der Waals surface area contributed by atoms with E-state index in [9.17, 15) is 4.39 Å². The van der Waals surface area contributed by atoms with Crippen molar-refractivity contribution in [1.29, 1.82) is 0 Å². The summed E-state index contributed by atoms with van der Waals surface area (Å²) in [5.41, 5.74) is 1.52. The first-order valence-corrected chi connectivity index (χ1v) is 9.68. The smallest absolute Gasteiger partial charge is 0.123 e. The molecule has 0 saturated carbocycles. The number of ether oxygens (including phenoxy) is 1. The molecule has 0 amide bonds. The second-order valence-electron chi connectivity index (χ2n) is 7.64. The number of hydrogen-bond donors (Lipinski definition) is 0. The van der Waals surface area contributed by atoms with Crippen LogP contribution in [0.3, 0.4) is 0 Å². The van der Waals surface area contributed by atoms with Gasteiger partial charge in [0.05, 0.1) is 5.76 Å². The summed E-state index contributed by atoms with van der Waals surface area (Å²) in [4.78, 5) is 0. The first kappa shape index (κ1) is 21.0. The fourth-order valence-electron chi connectivity index (χ4n) is 3.25. The largest absolute Gasteiger partial charge is 0.495 e. The van der Waals surface area contributed by atoms with Gasteiger partial charge < -0.3 is 4.74 Å². The lowest BCUT2D eigenvalue weighted by Gasteiger charge is -2.24. The maximum atomic E-state index is 12.1. The number of hydrogen-bond acceptors (Lipinski definition) is 1. The summed E-state index contributed by atoms with van der Waals surface area (Å²) >= 11 is 0.